The first kappa shape index (κ1) is 9.99. The Morgan fingerprint density at radius 2 is 2.31 bits per heavy atom. The van der Waals surface area contributed by atoms with Crippen molar-refractivity contribution in [2.24, 2.45) is 10.4 Å². The molecule has 4 heteroatoms. The van der Waals surface area contributed by atoms with Gasteiger partial charge in [0.1, 0.15) is 6.61 Å². The molecule has 70 valence electrons. The second kappa shape index (κ2) is 5.54. The fourth-order valence-electron chi connectivity index (χ4n) is 0.829. The predicted octanol–water partition coefficient (Wildman–Crippen LogP) is 3.24. The second-order valence-electron chi connectivity index (χ2n) is 2.44. The van der Waals surface area contributed by atoms with E-state index in [0.717, 1.165) is 5.56 Å². The van der Waals surface area contributed by atoms with Gasteiger partial charge < -0.3 is 4.84 Å². The Labute approximate surface area is 82.3 Å². The summed E-state index contributed by atoms with van der Waals surface area (Å²) >= 11 is 5.78. The highest BCUT2D eigenvalue weighted by Gasteiger charge is 1.93. The van der Waals surface area contributed by atoms with Crippen LogP contribution in [0, 0.1) is 0 Å². The summed E-state index contributed by atoms with van der Waals surface area (Å²) in [7, 11) is 0. The van der Waals surface area contributed by atoms with E-state index in [9.17, 15) is 0 Å². The first-order valence-electron chi connectivity index (χ1n) is 4.06. The number of benzene rings is 1. The number of hydrogen-bond donors (Lipinski definition) is 0. The third kappa shape index (κ3) is 3.90. The highest BCUT2D eigenvalue weighted by molar-refractivity contribution is 6.30. The van der Waals surface area contributed by atoms with E-state index >= 15 is 0 Å². The van der Waals surface area contributed by atoms with Crippen molar-refractivity contribution >= 4 is 11.6 Å². The van der Waals surface area contributed by atoms with Crippen LogP contribution in [0.15, 0.2) is 34.7 Å². The summed E-state index contributed by atoms with van der Waals surface area (Å²) in [5, 5.41) is 7.88. The van der Waals surface area contributed by atoms with Crippen LogP contribution < -0.4 is 0 Å². The molecule has 13 heavy (non-hydrogen) atoms. The fourth-order valence-corrected chi connectivity index (χ4v) is 1.04. The van der Waals surface area contributed by atoms with Gasteiger partial charge >= 0.3 is 0 Å². The molecule has 0 aliphatic carbocycles. The van der Waals surface area contributed by atoms with Gasteiger partial charge in [0.2, 0.25) is 0 Å². The molecule has 0 spiro atoms. The van der Waals surface area contributed by atoms with E-state index in [1.54, 1.807) is 0 Å². The Bertz CT molecular complexity index is 289. The number of rotatable bonds is 4. The highest BCUT2D eigenvalue weighted by Crippen LogP contribution is 2.11. The number of halogens is 1. The summed E-state index contributed by atoms with van der Waals surface area (Å²) in [6.07, 6.45) is 0. The van der Waals surface area contributed by atoms with Crippen molar-refractivity contribution in [1.29, 1.82) is 0 Å². The Kier molecular flexibility index (Phi) is 4.26. The van der Waals surface area contributed by atoms with E-state index < -0.39 is 0 Å². The van der Waals surface area contributed by atoms with Crippen molar-refractivity contribution in [3.63, 3.8) is 0 Å². The summed E-state index contributed by atoms with van der Waals surface area (Å²) in [6.45, 7) is 2.94. The molecule has 1 aromatic rings. The summed E-state index contributed by atoms with van der Waals surface area (Å²) in [6, 6.07) is 7.45. The molecule has 1 aromatic carbocycles. The minimum Gasteiger partial charge on any atom is -0.375 e. The monoisotopic (exact) mass is 198 g/mol. The molecule has 0 aliphatic rings. The largest absolute Gasteiger partial charge is 0.375 e. The van der Waals surface area contributed by atoms with Gasteiger partial charge in [-0.2, -0.15) is 5.11 Å². The summed E-state index contributed by atoms with van der Waals surface area (Å²) < 4.78 is 0. The average molecular weight is 199 g/mol. The van der Waals surface area contributed by atoms with Crippen LogP contribution in [0.4, 0.5) is 0 Å². The number of nitrogens with zero attached hydrogens (tertiary/aromatic N) is 2. The smallest absolute Gasteiger partial charge is 0.144 e. The van der Waals surface area contributed by atoms with Crippen LogP contribution in [0.5, 0.6) is 0 Å². The molecule has 0 N–H and O–H groups in total. The molecular formula is C9H11ClN2O. The summed E-state index contributed by atoms with van der Waals surface area (Å²) in [4.78, 5) is 4.91. The van der Waals surface area contributed by atoms with Crippen LogP contribution in [-0.2, 0) is 11.4 Å². The molecule has 0 saturated carbocycles. The van der Waals surface area contributed by atoms with Crippen LogP contribution in [-0.4, -0.2) is 6.54 Å². The van der Waals surface area contributed by atoms with Crippen LogP contribution >= 0.6 is 11.6 Å². The molecular weight excluding hydrogens is 188 g/mol. The molecule has 0 heterocycles. The van der Waals surface area contributed by atoms with Gasteiger partial charge in [0, 0.05) is 10.3 Å². The van der Waals surface area contributed by atoms with Gasteiger partial charge in [-0.15, -0.1) is 0 Å². The predicted molar refractivity (Wildman–Crippen MR) is 51.6 cm³/mol. The van der Waals surface area contributed by atoms with Gasteiger partial charge in [0.15, 0.2) is 0 Å². The zero-order valence-electron chi connectivity index (χ0n) is 7.40. The summed E-state index contributed by atoms with van der Waals surface area (Å²) in [5.41, 5.74) is 0.988. The Balaban J connectivity index is 2.41. The zero-order valence-corrected chi connectivity index (χ0v) is 8.16. The molecule has 0 saturated heterocycles. The molecule has 0 atom stereocenters. The fraction of sp³-hybridized carbons (Fsp3) is 0.333. The van der Waals surface area contributed by atoms with Crippen molar-refractivity contribution in [2.45, 2.75) is 13.5 Å². The standard InChI is InChI=1S/C9H11ClN2O/c1-2-11-12-13-7-8-4-3-5-9(10)6-8/h3-6H,2,7H2,1H3. The zero-order chi connectivity index (χ0) is 9.52. The SMILES string of the molecule is CCN=NOCc1cccc(Cl)c1. The first-order valence-corrected chi connectivity index (χ1v) is 4.44. The van der Waals surface area contributed by atoms with Crippen molar-refractivity contribution in [2.75, 3.05) is 6.54 Å². The molecule has 1 rings (SSSR count). The minimum absolute atomic E-state index is 0.407. The van der Waals surface area contributed by atoms with E-state index in [-0.39, 0.29) is 0 Å². The van der Waals surface area contributed by atoms with Gasteiger partial charge in [-0.1, -0.05) is 23.7 Å². The third-order valence-electron chi connectivity index (χ3n) is 1.38. The van der Waals surface area contributed by atoms with Gasteiger partial charge in [0.25, 0.3) is 0 Å². The molecule has 3 nitrogen and oxygen atoms in total. The molecule has 0 unspecified atom stereocenters. The highest BCUT2D eigenvalue weighted by atomic mass is 35.5. The Morgan fingerprint density at radius 3 is 3.00 bits per heavy atom. The van der Waals surface area contributed by atoms with Crippen molar-refractivity contribution in [3.8, 4) is 0 Å². The summed E-state index contributed by atoms with van der Waals surface area (Å²) in [5.74, 6) is 0. The Hall–Kier alpha value is -1.09. The van der Waals surface area contributed by atoms with Gasteiger partial charge in [-0.25, -0.2) is 0 Å². The quantitative estimate of drug-likeness (QED) is 0.540. The molecule has 0 radical (unpaired) electrons. The van der Waals surface area contributed by atoms with Crippen molar-refractivity contribution in [3.05, 3.63) is 34.9 Å². The van der Waals surface area contributed by atoms with E-state index in [0.29, 0.717) is 18.2 Å². The van der Waals surface area contributed by atoms with E-state index in [4.69, 9.17) is 16.4 Å². The lowest BCUT2D eigenvalue weighted by molar-refractivity contribution is 0.109. The van der Waals surface area contributed by atoms with Crippen molar-refractivity contribution < 1.29 is 4.84 Å². The van der Waals surface area contributed by atoms with E-state index in [1.807, 2.05) is 31.2 Å². The van der Waals surface area contributed by atoms with Crippen LogP contribution in [0.2, 0.25) is 5.02 Å². The molecule has 0 fully saturated rings. The molecule has 0 aromatic heterocycles. The lowest BCUT2D eigenvalue weighted by atomic mass is 10.2. The van der Waals surface area contributed by atoms with Gasteiger partial charge in [-0.3, -0.25) is 0 Å². The van der Waals surface area contributed by atoms with E-state index in [1.165, 1.54) is 0 Å². The van der Waals surface area contributed by atoms with Crippen LogP contribution in [0.3, 0.4) is 0 Å². The lowest BCUT2D eigenvalue weighted by Gasteiger charge is -1.98. The second-order valence-corrected chi connectivity index (χ2v) is 2.88. The maximum absolute atomic E-state index is 5.78. The number of hydrogen-bond acceptors (Lipinski definition) is 3. The average Bonchev–Trinajstić information content (AvgIpc) is 2.13. The maximum Gasteiger partial charge on any atom is 0.144 e. The van der Waals surface area contributed by atoms with Crippen LogP contribution in [0.1, 0.15) is 12.5 Å². The molecule has 0 aliphatic heterocycles. The topological polar surface area (TPSA) is 34.0 Å². The molecule has 0 bridgehead atoms. The minimum atomic E-state index is 0.407. The maximum atomic E-state index is 5.78. The van der Waals surface area contributed by atoms with Gasteiger partial charge in [-0.05, 0) is 24.6 Å². The normalized spacial score (nSPS) is 10.6. The Morgan fingerprint density at radius 1 is 1.46 bits per heavy atom. The third-order valence-corrected chi connectivity index (χ3v) is 1.61. The van der Waals surface area contributed by atoms with Crippen molar-refractivity contribution in [1.82, 2.24) is 0 Å². The van der Waals surface area contributed by atoms with Gasteiger partial charge in [0.05, 0.1) is 6.54 Å². The van der Waals surface area contributed by atoms with E-state index in [2.05, 4.69) is 10.4 Å². The lowest BCUT2D eigenvalue weighted by Crippen LogP contribution is -1.85. The molecule has 0 amide bonds. The first-order chi connectivity index (χ1) is 6.33. The van der Waals surface area contributed by atoms with Crippen LogP contribution in [0.25, 0.3) is 0 Å².